The first kappa shape index (κ1) is 11.4. The maximum absolute atomic E-state index is 11.5. The quantitative estimate of drug-likeness (QED) is 0.708. The Hall–Kier alpha value is -1.66. The number of nitrogens with two attached hydrogens (primary N) is 1. The lowest BCUT2D eigenvalue weighted by Crippen LogP contribution is -2.25. The van der Waals surface area contributed by atoms with Crippen molar-refractivity contribution in [3.8, 4) is 0 Å². The van der Waals surface area contributed by atoms with Crippen LogP contribution in [0.5, 0.6) is 0 Å². The predicted molar refractivity (Wildman–Crippen MR) is 52.7 cm³/mol. The molecule has 0 unspecified atom stereocenters. The monoisotopic (exact) mass is 213 g/mol. The summed E-state index contributed by atoms with van der Waals surface area (Å²) in [6.07, 6.45) is 0.585. The Bertz CT molecular complexity index is 336. The number of nitrogen functional groups attached to an aromatic ring is 1. The molecule has 2 N–H and O–H groups in total. The van der Waals surface area contributed by atoms with E-state index in [1.54, 1.807) is 0 Å². The minimum Gasteiger partial charge on any atom is -0.467 e. The van der Waals surface area contributed by atoms with Gasteiger partial charge in [-0.1, -0.05) is 18.9 Å². The van der Waals surface area contributed by atoms with E-state index < -0.39 is 6.04 Å². The fourth-order valence-corrected chi connectivity index (χ4v) is 1.30. The zero-order valence-electron chi connectivity index (χ0n) is 9.04. The number of methoxy groups -OCH3 is 1. The van der Waals surface area contributed by atoms with E-state index >= 15 is 0 Å². The Morgan fingerprint density at radius 2 is 2.27 bits per heavy atom. The van der Waals surface area contributed by atoms with Gasteiger partial charge in [-0.15, -0.1) is 0 Å². The van der Waals surface area contributed by atoms with Crippen LogP contribution in [-0.2, 0) is 9.53 Å². The second kappa shape index (κ2) is 4.72. The van der Waals surface area contributed by atoms with E-state index in [0.717, 1.165) is 0 Å². The summed E-state index contributed by atoms with van der Waals surface area (Å²) in [4.78, 5) is 11.5. The third-order valence-electron chi connectivity index (χ3n) is 1.98. The van der Waals surface area contributed by atoms with Gasteiger partial charge in [0, 0.05) is 0 Å². The molecule has 0 aromatic carbocycles. The van der Waals surface area contributed by atoms with E-state index in [4.69, 9.17) is 5.73 Å². The Balaban J connectivity index is 2.91. The number of hydrogen-bond donors (Lipinski definition) is 1. The number of anilines is 1. The van der Waals surface area contributed by atoms with Crippen LogP contribution >= 0.6 is 0 Å². The molecule has 7 nitrogen and oxygen atoms in total. The Kier molecular flexibility index (Phi) is 3.59. The lowest BCUT2D eigenvalue weighted by molar-refractivity contribution is -0.145. The Morgan fingerprint density at radius 3 is 2.67 bits per heavy atom. The number of hydrogen-bond acceptors (Lipinski definition) is 6. The van der Waals surface area contributed by atoms with Crippen LogP contribution in [0.15, 0.2) is 0 Å². The minimum absolute atomic E-state index is 0.117. The molecule has 1 rings (SSSR count). The summed E-state index contributed by atoms with van der Waals surface area (Å²) in [5.74, 6) is 0.0476. The largest absolute Gasteiger partial charge is 0.467 e. The van der Waals surface area contributed by atoms with Crippen molar-refractivity contribution in [1.29, 1.82) is 0 Å². The smallest absolute Gasteiger partial charge is 0.330 e. The van der Waals surface area contributed by atoms with Gasteiger partial charge >= 0.3 is 5.97 Å². The number of carbonyl (C=O) groups excluding carboxylic acids is 1. The van der Waals surface area contributed by atoms with Gasteiger partial charge in [-0.3, -0.25) is 0 Å². The molecule has 1 aromatic heterocycles. The van der Waals surface area contributed by atoms with Crippen molar-refractivity contribution in [2.45, 2.75) is 26.3 Å². The molecule has 0 amide bonds. The van der Waals surface area contributed by atoms with Crippen molar-refractivity contribution >= 4 is 11.9 Å². The van der Waals surface area contributed by atoms with Gasteiger partial charge in [-0.2, -0.15) is 4.68 Å². The van der Waals surface area contributed by atoms with Gasteiger partial charge in [0.15, 0.2) is 6.04 Å². The lowest BCUT2D eigenvalue weighted by atomic mass is 10.0. The third-order valence-corrected chi connectivity index (χ3v) is 1.98. The normalized spacial score (nSPS) is 12.8. The number of nitrogens with zero attached hydrogens (tertiary/aromatic N) is 4. The highest BCUT2D eigenvalue weighted by atomic mass is 16.5. The number of carbonyl (C=O) groups is 1. The van der Waals surface area contributed by atoms with Crippen molar-refractivity contribution in [2.75, 3.05) is 12.8 Å². The molecule has 15 heavy (non-hydrogen) atoms. The van der Waals surface area contributed by atoms with Crippen LogP contribution in [0.2, 0.25) is 0 Å². The highest BCUT2D eigenvalue weighted by Crippen LogP contribution is 2.19. The van der Waals surface area contributed by atoms with Crippen LogP contribution in [0.4, 0.5) is 5.95 Å². The van der Waals surface area contributed by atoms with Crippen LogP contribution in [-0.4, -0.2) is 33.3 Å². The summed E-state index contributed by atoms with van der Waals surface area (Å²) in [6, 6.07) is -0.551. The zero-order chi connectivity index (χ0) is 11.4. The average Bonchev–Trinajstić information content (AvgIpc) is 2.59. The van der Waals surface area contributed by atoms with Crippen LogP contribution in [0.3, 0.4) is 0 Å². The van der Waals surface area contributed by atoms with E-state index in [1.807, 2.05) is 13.8 Å². The standard InChI is InChI=1S/C8H15N5O2/c1-5(2)4-6(7(14)15-3)13-8(9)10-11-12-13/h5-6H,4H2,1-3H3,(H2,9,10,12)/t6-/m0/s1. The van der Waals surface area contributed by atoms with Crippen LogP contribution < -0.4 is 5.73 Å². The van der Waals surface area contributed by atoms with Gasteiger partial charge in [0.1, 0.15) is 0 Å². The predicted octanol–water partition coefficient (Wildman–Crippen LogP) is 0.0155. The first-order valence-corrected chi connectivity index (χ1v) is 4.67. The van der Waals surface area contributed by atoms with E-state index in [-0.39, 0.29) is 11.9 Å². The topological polar surface area (TPSA) is 95.9 Å². The third kappa shape index (κ3) is 2.64. The van der Waals surface area contributed by atoms with Crippen molar-refractivity contribution < 1.29 is 9.53 Å². The fourth-order valence-electron chi connectivity index (χ4n) is 1.30. The van der Waals surface area contributed by atoms with E-state index in [0.29, 0.717) is 12.3 Å². The molecule has 1 atom stereocenters. The van der Waals surface area contributed by atoms with Gasteiger partial charge in [0.2, 0.25) is 5.95 Å². The lowest BCUT2D eigenvalue weighted by Gasteiger charge is -2.16. The summed E-state index contributed by atoms with van der Waals surface area (Å²) in [5, 5.41) is 10.6. The highest BCUT2D eigenvalue weighted by molar-refractivity contribution is 5.74. The van der Waals surface area contributed by atoms with Crippen molar-refractivity contribution in [3.05, 3.63) is 0 Å². The number of rotatable bonds is 4. The molecule has 0 aliphatic rings. The molecule has 0 fully saturated rings. The van der Waals surface area contributed by atoms with Crippen LogP contribution in [0, 0.1) is 5.92 Å². The Morgan fingerprint density at radius 1 is 1.60 bits per heavy atom. The van der Waals surface area contributed by atoms with Gasteiger partial charge in [-0.05, 0) is 22.8 Å². The second-order valence-electron chi connectivity index (χ2n) is 3.65. The molecular weight excluding hydrogens is 198 g/mol. The van der Waals surface area contributed by atoms with Crippen molar-refractivity contribution in [3.63, 3.8) is 0 Å². The van der Waals surface area contributed by atoms with Gasteiger partial charge in [-0.25, -0.2) is 4.79 Å². The molecule has 84 valence electrons. The number of esters is 1. The maximum Gasteiger partial charge on any atom is 0.330 e. The number of ether oxygens (including phenoxy) is 1. The van der Waals surface area contributed by atoms with E-state index in [9.17, 15) is 4.79 Å². The molecule has 0 bridgehead atoms. The molecular formula is C8H15N5O2. The van der Waals surface area contributed by atoms with Gasteiger partial charge in [0.25, 0.3) is 0 Å². The molecule has 0 aliphatic carbocycles. The summed E-state index contributed by atoms with van der Waals surface area (Å²) < 4.78 is 5.96. The molecule has 0 spiro atoms. The molecule has 0 aliphatic heterocycles. The van der Waals surface area contributed by atoms with Crippen LogP contribution in [0.25, 0.3) is 0 Å². The van der Waals surface area contributed by atoms with Gasteiger partial charge in [0.05, 0.1) is 7.11 Å². The second-order valence-corrected chi connectivity index (χ2v) is 3.65. The maximum atomic E-state index is 11.5. The first-order valence-electron chi connectivity index (χ1n) is 4.67. The van der Waals surface area contributed by atoms with E-state index in [2.05, 4.69) is 20.3 Å². The Labute approximate surface area is 87.6 Å². The molecule has 1 aromatic rings. The SMILES string of the molecule is COC(=O)[C@H](CC(C)C)n1nnnc1N. The van der Waals surface area contributed by atoms with E-state index in [1.165, 1.54) is 11.8 Å². The van der Waals surface area contributed by atoms with Crippen molar-refractivity contribution in [2.24, 2.45) is 5.92 Å². The number of aromatic nitrogens is 4. The highest BCUT2D eigenvalue weighted by Gasteiger charge is 2.25. The van der Waals surface area contributed by atoms with Crippen LogP contribution in [0.1, 0.15) is 26.3 Å². The summed E-state index contributed by atoms with van der Waals surface area (Å²) in [5.41, 5.74) is 5.53. The van der Waals surface area contributed by atoms with Crippen molar-refractivity contribution in [1.82, 2.24) is 20.2 Å². The first-order chi connectivity index (χ1) is 7.06. The molecule has 0 radical (unpaired) electrons. The summed E-state index contributed by atoms with van der Waals surface area (Å²) in [6.45, 7) is 3.99. The minimum atomic E-state index is -0.551. The molecule has 1 heterocycles. The summed E-state index contributed by atoms with van der Waals surface area (Å²) >= 11 is 0. The molecule has 7 heteroatoms. The number of tetrazole rings is 1. The zero-order valence-corrected chi connectivity index (χ0v) is 9.04. The average molecular weight is 213 g/mol. The fraction of sp³-hybridized carbons (Fsp3) is 0.750. The summed E-state index contributed by atoms with van der Waals surface area (Å²) in [7, 11) is 1.33. The van der Waals surface area contributed by atoms with Gasteiger partial charge < -0.3 is 10.5 Å². The molecule has 0 saturated carbocycles. The molecule has 0 saturated heterocycles.